The second kappa shape index (κ2) is 10.4. The van der Waals surface area contributed by atoms with E-state index in [1.54, 1.807) is 29.2 Å². The first-order valence-corrected chi connectivity index (χ1v) is 11.2. The van der Waals surface area contributed by atoms with E-state index in [4.69, 9.17) is 21.1 Å². The Labute approximate surface area is 198 Å². The minimum absolute atomic E-state index is 0.0644. The Morgan fingerprint density at radius 2 is 1.88 bits per heavy atom. The third-order valence-corrected chi connectivity index (χ3v) is 5.58. The van der Waals surface area contributed by atoms with Crippen LogP contribution in [-0.4, -0.2) is 29.4 Å². The number of rotatable bonds is 7. The summed E-state index contributed by atoms with van der Waals surface area (Å²) in [6, 6.07) is 22.0. The summed E-state index contributed by atoms with van der Waals surface area (Å²) < 4.78 is 11.5. The number of halogens is 1. The van der Waals surface area contributed by atoms with Crippen LogP contribution in [0.1, 0.15) is 24.5 Å². The fourth-order valence-corrected chi connectivity index (χ4v) is 3.78. The van der Waals surface area contributed by atoms with Crippen LogP contribution in [0.3, 0.4) is 0 Å². The molecule has 3 aromatic rings. The molecule has 0 saturated carbocycles. The molecule has 4 rings (SSSR count). The van der Waals surface area contributed by atoms with Crippen LogP contribution in [-0.2, 0) is 22.7 Å². The average molecular weight is 465 g/mol. The number of hydrogen-bond acceptors (Lipinski definition) is 4. The Kier molecular flexibility index (Phi) is 7.15. The number of nitrogens with zero attached hydrogens (tertiary/aromatic N) is 1. The molecule has 170 valence electrons. The van der Waals surface area contributed by atoms with Crippen LogP contribution in [0, 0.1) is 0 Å². The van der Waals surface area contributed by atoms with Gasteiger partial charge in [-0.15, -0.1) is 0 Å². The number of amides is 2. The maximum atomic E-state index is 13.1. The van der Waals surface area contributed by atoms with Gasteiger partial charge in [-0.25, -0.2) is 0 Å². The quantitative estimate of drug-likeness (QED) is 0.531. The third-order valence-electron chi connectivity index (χ3n) is 5.33. The normalized spacial score (nSPS) is 15.3. The van der Waals surface area contributed by atoms with Crippen LogP contribution in [0.15, 0.2) is 72.8 Å². The fourth-order valence-electron chi connectivity index (χ4n) is 3.65. The molecule has 0 unspecified atom stereocenters. The van der Waals surface area contributed by atoms with E-state index >= 15 is 0 Å². The van der Waals surface area contributed by atoms with E-state index in [1.165, 1.54) is 0 Å². The number of anilines is 1. The van der Waals surface area contributed by atoms with Gasteiger partial charge in [-0.2, -0.15) is 0 Å². The van der Waals surface area contributed by atoms with Gasteiger partial charge in [-0.3, -0.25) is 9.59 Å². The van der Waals surface area contributed by atoms with Gasteiger partial charge in [0, 0.05) is 29.4 Å². The summed E-state index contributed by atoms with van der Waals surface area (Å²) in [6.07, 6.45) is 0.00306. The molecule has 7 heteroatoms. The van der Waals surface area contributed by atoms with Crippen molar-refractivity contribution in [1.29, 1.82) is 0 Å². The van der Waals surface area contributed by atoms with Crippen molar-refractivity contribution < 1.29 is 19.1 Å². The molecule has 0 spiro atoms. The maximum absolute atomic E-state index is 13.1. The smallest absolute Gasteiger partial charge is 0.264 e. The van der Waals surface area contributed by atoms with Crippen LogP contribution in [0.5, 0.6) is 11.5 Å². The third kappa shape index (κ3) is 5.84. The van der Waals surface area contributed by atoms with Crippen LogP contribution in [0.25, 0.3) is 0 Å². The second-order valence-corrected chi connectivity index (χ2v) is 8.24. The number of fused-ring (bicyclic) bond motifs is 1. The molecule has 0 aliphatic carbocycles. The minimum Gasteiger partial charge on any atom is -0.484 e. The summed E-state index contributed by atoms with van der Waals surface area (Å²) in [4.78, 5) is 27.2. The molecule has 1 N–H and O–H groups in total. The molecule has 1 aliphatic rings. The highest BCUT2D eigenvalue weighted by Gasteiger charge is 2.30. The van der Waals surface area contributed by atoms with Crippen molar-refractivity contribution in [1.82, 2.24) is 4.90 Å². The summed E-state index contributed by atoms with van der Waals surface area (Å²) in [5, 5.41) is 3.50. The van der Waals surface area contributed by atoms with Crippen LogP contribution < -0.4 is 14.8 Å². The van der Waals surface area contributed by atoms with E-state index in [0.717, 1.165) is 11.1 Å². The fraction of sp³-hybridized carbons (Fsp3) is 0.231. The van der Waals surface area contributed by atoms with Gasteiger partial charge in [-0.05, 0) is 54.4 Å². The predicted octanol–water partition coefficient (Wildman–Crippen LogP) is 5.06. The highest BCUT2D eigenvalue weighted by molar-refractivity contribution is 6.30. The topological polar surface area (TPSA) is 67.9 Å². The summed E-state index contributed by atoms with van der Waals surface area (Å²) >= 11 is 5.99. The van der Waals surface area contributed by atoms with Crippen molar-refractivity contribution >= 4 is 29.1 Å². The minimum atomic E-state index is -0.557. The molecule has 1 heterocycles. The highest BCUT2D eigenvalue weighted by Crippen LogP contribution is 2.30. The number of hydrogen-bond donors (Lipinski definition) is 1. The highest BCUT2D eigenvalue weighted by atomic mass is 35.5. The Hall–Kier alpha value is -3.51. The van der Waals surface area contributed by atoms with Gasteiger partial charge in [0.25, 0.3) is 11.8 Å². The molecule has 0 bridgehead atoms. The van der Waals surface area contributed by atoms with E-state index in [-0.39, 0.29) is 18.4 Å². The van der Waals surface area contributed by atoms with Crippen LogP contribution in [0.2, 0.25) is 5.02 Å². The maximum Gasteiger partial charge on any atom is 0.264 e. The molecular formula is C26H25ClN2O4. The molecule has 0 aromatic heterocycles. The van der Waals surface area contributed by atoms with E-state index in [9.17, 15) is 9.59 Å². The number of para-hydroxylation sites is 1. The molecule has 1 atom stereocenters. The van der Waals surface area contributed by atoms with Crippen LogP contribution >= 0.6 is 11.6 Å². The number of carbonyl (C=O) groups is 2. The van der Waals surface area contributed by atoms with Crippen molar-refractivity contribution in [3.05, 3.63) is 88.9 Å². The molecule has 0 fully saturated rings. The first kappa shape index (κ1) is 22.7. The van der Waals surface area contributed by atoms with Gasteiger partial charge >= 0.3 is 0 Å². The Balaban J connectivity index is 1.48. The molecule has 1 aliphatic heterocycles. The van der Waals surface area contributed by atoms with Gasteiger partial charge in [-0.1, -0.05) is 48.9 Å². The van der Waals surface area contributed by atoms with Gasteiger partial charge in [0.2, 0.25) is 0 Å². The number of nitrogens with one attached hydrogen (secondary N) is 1. The molecule has 0 radical (unpaired) electrons. The SMILES string of the molecule is CC[C@H]1Oc2ccc(NC(=O)COc3ccccc3)cc2CN(Cc2ccc(Cl)cc2)C1=O. The first-order chi connectivity index (χ1) is 16.0. The zero-order valence-corrected chi connectivity index (χ0v) is 19.0. The van der Waals surface area contributed by atoms with Gasteiger partial charge in [0.05, 0.1) is 0 Å². The number of carbonyl (C=O) groups excluding carboxylic acids is 2. The number of benzene rings is 3. The van der Waals surface area contributed by atoms with Crippen molar-refractivity contribution in [2.45, 2.75) is 32.5 Å². The molecule has 0 saturated heterocycles. The molecule has 2 amide bonds. The lowest BCUT2D eigenvalue weighted by atomic mass is 10.1. The zero-order valence-electron chi connectivity index (χ0n) is 18.3. The lowest BCUT2D eigenvalue weighted by Gasteiger charge is -2.23. The molecule has 33 heavy (non-hydrogen) atoms. The van der Waals surface area contributed by atoms with E-state index in [1.807, 2.05) is 55.5 Å². The Morgan fingerprint density at radius 3 is 2.61 bits per heavy atom. The van der Waals surface area contributed by atoms with E-state index < -0.39 is 6.10 Å². The van der Waals surface area contributed by atoms with Crippen molar-refractivity contribution in [3.8, 4) is 11.5 Å². The average Bonchev–Trinajstić information content (AvgIpc) is 2.96. The zero-order chi connectivity index (χ0) is 23.2. The monoisotopic (exact) mass is 464 g/mol. The largest absolute Gasteiger partial charge is 0.484 e. The summed E-state index contributed by atoms with van der Waals surface area (Å²) in [5.74, 6) is 0.941. The van der Waals surface area contributed by atoms with Crippen molar-refractivity contribution in [3.63, 3.8) is 0 Å². The Morgan fingerprint density at radius 1 is 1.12 bits per heavy atom. The van der Waals surface area contributed by atoms with Crippen molar-refractivity contribution in [2.75, 3.05) is 11.9 Å². The summed E-state index contributed by atoms with van der Waals surface area (Å²) in [5.41, 5.74) is 2.43. The summed E-state index contributed by atoms with van der Waals surface area (Å²) in [6.45, 7) is 2.64. The van der Waals surface area contributed by atoms with E-state index in [2.05, 4.69) is 5.32 Å². The molecule has 6 nitrogen and oxygen atoms in total. The standard InChI is InChI=1S/C26H25ClN2O4/c1-2-23-26(31)29(15-18-8-10-20(27)11-9-18)16-19-14-21(12-13-24(19)33-23)28-25(30)17-32-22-6-4-3-5-7-22/h3-14,23H,2,15-17H2,1H3,(H,28,30)/t23-/m1/s1. The summed E-state index contributed by atoms with van der Waals surface area (Å²) in [7, 11) is 0. The van der Waals surface area contributed by atoms with Crippen molar-refractivity contribution in [2.24, 2.45) is 0 Å². The van der Waals surface area contributed by atoms with Crippen LogP contribution in [0.4, 0.5) is 5.69 Å². The van der Waals surface area contributed by atoms with E-state index in [0.29, 0.717) is 41.7 Å². The molecular weight excluding hydrogens is 440 g/mol. The molecule has 3 aromatic carbocycles. The lowest BCUT2D eigenvalue weighted by Crippen LogP contribution is -2.38. The van der Waals surface area contributed by atoms with Gasteiger partial charge < -0.3 is 19.7 Å². The first-order valence-electron chi connectivity index (χ1n) is 10.8. The predicted molar refractivity (Wildman–Crippen MR) is 127 cm³/mol. The van der Waals surface area contributed by atoms with Gasteiger partial charge in [0.1, 0.15) is 11.5 Å². The Bertz CT molecular complexity index is 1120. The van der Waals surface area contributed by atoms with Gasteiger partial charge in [0.15, 0.2) is 12.7 Å². The second-order valence-electron chi connectivity index (χ2n) is 7.81. The number of ether oxygens (including phenoxy) is 2. The lowest BCUT2D eigenvalue weighted by molar-refractivity contribution is -0.139.